The summed E-state index contributed by atoms with van der Waals surface area (Å²) in [6.45, 7) is 11.1. The summed E-state index contributed by atoms with van der Waals surface area (Å²) in [5.41, 5.74) is 0.890. The summed E-state index contributed by atoms with van der Waals surface area (Å²) >= 11 is 7.82. The van der Waals surface area contributed by atoms with Crippen molar-refractivity contribution in [3.63, 3.8) is 0 Å². The molecule has 0 bridgehead atoms. The molecule has 2 aromatic carbocycles. The van der Waals surface area contributed by atoms with Crippen LogP contribution in [0.2, 0.25) is 5.02 Å². The average molecular weight is 607 g/mol. The van der Waals surface area contributed by atoms with Gasteiger partial charge in [-0.05, 0) is 69.1 Å². The number of carbonyl (C=O) groups is 1. The quantitative estimate of drug-likeness (QED) is 0.258. The first-order chi connectivity index (χ1) is 18.5. The topological polar surface area (TPSA) is 97.6 Å². The number of nitrogens with one attached hydrogen (secondary N) is 1. The highest BCUT2D eigenvalue weighted by Gasteiger charge is 2.35. The smallest absolute Gasteiger partial charge is 0.309 e. The van der Waals surface area contributed by atoms with E-state index >= 15 is 0 Å². The van der Waals surface area contributed by atoms with Gasteiger partial charge in [-0.25, -0.2) is 8.42 Å². The van der Waals surface area contributed by atoms with Gasteiger partial charge in [0.1, 0.15) is 5.75 Å². The first kappa shape index (κ1) is 30.8. The Morgan fingerprint density at radius 2 is 1.85 bits per heavy atom. The molecule has 1 aromatic heterocycles. The molecule has 218 valence electrons. The third-order valence-corrected chi connectivity index (χ3v) is 9.84. The van der Waals surface area contributed by atoms with Crippen LogP contribution in [0.1, 0.15) is 58.7 Å². The average Bonchev–Trinajstić information content (AvgIpc) is 3.45. The number of hydrogen-bond donors (Lipinski definition) is 2. The van der Waals surface area contributed by atoms with E-state index in [2.05, 4.69) is 30.7 Å². The monoisotopic (exact) mass is 606 g/mol. The fraction of sp³-hybridized carbons (Fsp3) is 0.500. The van der Waals surface area contributed by atoms with Crippen molar-refractivity contribution in [1.82, 2.24) is 9.88 Å². The standard InChI is InChI=1S/C30H39ClN2O5S2/c1-29(2,3)39-26-22-16-21(38-27(40(6,36)37)23-8-7-15-32-23)13-14-24(22)33(18-19-9-11-20(31)12-10-19)25(26)17-30(4,5)28(34)35/h9-14,16,23,27,32H,7-8,15,17-18H2,1-6H3,(H,34,35)/t23?,27-/m1/s1. The Morgan fingerprint density at radius 1 is 1.18 bits per heavy atom. The fourth-order valence-electron chi connectivity index (χ4n) is 5.02. The number of sulfone groups is 1. The van der Waals surface area contributed by atoms with Gasteiger partial charge in [-0.1, -0.05) is 44.5 Å². The fourth-order valence-corrected chi connectivity index (χ4v) is 7.44. The maximum absolute atomic E-state index is 12.7. The molecule has 7 nitrogen and oxygen atoms in total. The molecule has 2 heterocycles. The molecule has 2 atom stereocenters. The first-order valence-corrected chi connectivity index (χ1v) is 16.6. The summed E-state index contributed by atoms with van der Waals surface area (Å²) in [5, 5.41) is 14.8. The van der Waals surface area contributed by atoms with E-state index < -0.39 is 26.7 Å². The molecule has 40 heavy (non-hydrogen) atoms. The van der Waals surface area contributed by atoms with Crippen LogP contribution in [0, 0.1) is 5.41 Å². The number of benzene rings is 2. The van der Waals surface area contributed by atoms with Crippen molar-refractivity contribution in [2.75, 3.05) is 12.8 Å². The highest BCUT2D eigenvalue weighted by atomic mass is 35.5. The van der Waals surface area contributed by atoms with Gasteiger partial charge in [0.05, 0.1) is 11.5 Å². The lowest BCUT2D eigenvalue weighted by Crippen LogP contribution is -2.43. The highest BCUT2D eigenvalue weighted by Crippen LogP contribution is 2.44. The molecule has 1 fully saturated rings. The molecule has 0 radical (unpaired) electrons. The van der Waals surface area contributed by atoms with Gasteiger partial charge in [0.25, 0.3) is 0 Å². The van der Waals surface area contributed by atoms with E-state index in [-0.39, 0.29) is 10.8 Å². The maximum atomic E-state index is 12.7. The lowest BCUT2D eigenvalue weighted by atomic mass is 9.88. The molecule has 1 aliphatic rings. The summed E-state index contributed by atoms with van der Waals surface area (Å²) in [6, 6.07) is 13.0. The second kappa shape index (κ2) is 11.6. The Labute approximate surface area is 246 Å². The van der Waals surface area contributed by atoms with E-state index in [9.17, 15) is 18.3 Å². The first-order valence-electron chi connectivity index (χ1n) is 13.5. The Morgan fingerprint density at radius 3 is 2.40 bits per heavy atom. The van der Waals surface area contributed by atoms with E-state index in [0.717, 1.165) is 46.4 Å². The second-order valence-electron chi connectivity index (χ2n) is 12.3. The van der Waals surface area contributed by atoms with Crippen LogP contribution in [0.3, 0.4) is 0 Å². The minimum absolute atomic E-state index is 0.165. The lowest BCUT2D eigenvalue weighted by molar-refractivity contribution is -0.146. The Kier molecular flexibility index (Phi) is 8.91. The van der Waals surface area contributed by atoms with Crippen LogP contribution < -0.4 is 10.1 Å². The number of thioether (sulfide) groups is 1. The van der Waals surface area contributed by atoms with Gasteiger partial charge >= 0.3 is 5.97 Å². The van der Waals surface area contributed by atoms with Gasteiger partial charge in [-0.2, -0.15) is 0 Å². The van der Waals surface area contributed by atoms with Crippen LogP contribution in [-0.2, 0) is 27.6 Å². The minimum Gasteiger partial charge on any atom is -0.481 e. The predicted molar refractivity (Wildman–Crippen MR) is 164 cm³/mol. The summed E-state index contributed by atoms with van der Waals surface area (Å²) < 4.78 is 33.6. The number of aliphatic carboxylic acids is 1. The predicted octanol–water partition coefficient (Wildman–Crippen LogP) is 6.39. The molecule has 0 amide bonds. The van der Waals surface area contributed by atoms with Crippen LogP contribution in [0.15, 0.2) is 47.4 Å². The van der Waals surface area contributed by atoms with Crippen molar-refractivity contribution >= 4 is 50.1 Å². The number of hydrogen-bond acceptors (Lipinski definition) is 6. The van der Waals surface area contributed by atoms with Gasteiger partial charge in [0.15, 0.2) is 9.84 Å². The van der Waals surface area contributed by atoms with Crippen LogP contribution in [0.5, 0.6) is 5.75 Å². The summed E-state index contributed by atoms with van der Waals surface area (Å²) in [5.74, 6) is -0.397. The van der Waals surface area contributed by atoms with Crippen molar-refractivity contribution in [2.45, 2.75) is 81.5 Å². The van der Waals surface area contributed by atoms with Crippen molar-refractivity contribution in [3.8, 4) is 5.75 Å². The molecule has 4 rings (SSSR count). The number of rotatable bonds is 10. The largest absolute Gasteiger partial charge is 0.481 e. The molecule has 1 aliphatic heterocycles. The molecule has 0 saturated carbocycles. The molecule has 1 saturated heterocycles. The van der Waals surface area contributed by atoms with Gasteiger partial charge in [0.2, 0.25) is 5.44 Å². The summed E-state index contributed by atoms with van der Waals surface area (Å²) in [7, 11) is -3.49. The molecule has 0 aliphatic carbocycles. The van der Waals surface area contributed by atoms with E-state index in [1.165, 1.54) is 6.26 Å². The number of nitrogens with zero attached hydrogens (tertiary/aromatic N) is 1. The van der Waals surface area contributed by atoms with Gasteiger partial charge in [0, 0.05) is 50.5 Å². The van der Waals surface area contributed by atoms with E-state index in [1.807, 2.05) is 42.5 Å². The van der Waals surface area contributed by atoms with Crippen molar-refractivity contribution in [2.24, 2.45) is 5.41 Å². The minimum atomic E-state index is -3.49. The van der Waals surface area contributed by atoms with E-state index in [1.54, 1.807) is 25.6 Å². The Hall–Kier alpha value is -2.20. The molecule has 0 spiro atoms. The number of aromatic nitrogens is 1. The summed E-state index contributed by atoms with van der Waals surface area (Å²) in [6.07, 6.45) is 3.17. The van der Waals surface area contributed by atoms with Crippen LogP contribution in [-0.4, -0.2) is 53.1 Å². The van der Waals surface area contributed by atoms with Gasteiger partial charge < -0.3 is 19.7 Å². The van der Waals surface area contributed by atoms with Crippen molar-refractivity contribution in [1.29, 1.82) is 0 Å². The summed E-state index contributed by atoms with van der Waals surface area (Å²) in [4.78, 5) is 13.2. The normalized spacial score (nSPS) is 17.3. The Balaban J connectivity index is 1.90. The molecular weight excluding hydrogens is 568 g/mol. The second-order valence-corrected chi connectivity index (χ2v) is 16.7. The van der Waals surface area contributed by atoms with Gasteiger partial charge in [-0.15, -0.1) is 11.8 Å². The molecular formula is C30H39ClN2O5S2. The van der Waals surface area contributed by atoms with Crippen LogP contribution >= 0.6 is 23.4 Å². The van der Waals surface area contributed by atoms with E-state index in [4.69, 9.17) is 16.3 Å². The number of halogens is 1. The lowest BCUT2D eigenvalue weighted by Gasteiger charge is -2.24. The zero-order chi connectivity index (χ0) is 29.5. The number of fused-ring (bicyclic) bond motifs is 1. The Bertz CT molecular complexity index is 1490. The van der Waals surface area contributed by atoms with E-state index in [0.29, 0.717) is 23.7 Å². The van der Waals surface area contributed by atoms with Crippen LogP contribution in [0.4, 0.5) is 0 Å². The zero-order valence-electron chi connectivity index (χ0n) is 24.0. The number of ether oxygens (including phenoxy) is 1. The zero-order valence-corrected chi connectivity index (χ0v) is 26.3. The molecule has 10 heteroatoms. The molecule has 2 N–H and O–H groups in total. The molecule has 3 aromatic rings. The molecule has 1 unspecified atom stereocenters. The maximum Gasteiger partial charge on any atom is 0.309 e. The SMILES string of the molecule is CC(C)(C)Sc1c(CC(C)(C)C(=O)O)n(Cc2ccc(Cl)cc2)c2ccc(O[C@@H](C3CCCN3)S(C)(=O)=O)cc12. The number of carboxylic acids is 1. The number of carboxylic acid groups (broad SMARTS) is 1. The van der Waals surface area contributed by atoms with Gasteiger partial charge in [-0.3, -0.25) is 4.79 Å². The highest BCUT2D eigenvalue weighted by molar-refractivity contribution is 8.00. The van der Waals surface area contributed by atoms with Crippen LogP contribution in [0.25, 0.3) is 10.9 Å². The van der Waals surface area contributed by atoms with Crippen molar-refractivity contribution in [3.05, 3.63) is 58.7 Å². The van der Waals surface area contributed by atoms with Crippen molar-refractivity contribution < 1.29 is 23.1 Å². The third kappa shape index (κ3) is 7.16. The third-order valence-electron chi connectivity index (χ3n) is 7.04.